The SMILES string of the molecule is Cc1ccc(C(=O)C2=CC34C=CC25C(CCC2(C)C5CCC2(O)CN(CCc2cccs2)CC(O)CO)C3(C)CCC(O)C4)s1. The summed E-state index contributed by atoms with van der Waals surface area (Å²) in [5.41, 5.74) is -1.41. The van der Waals surface area contributed by atoms with E-state index in [1.807, 2.05) is 19.1 Å². The molecule has 2 spiro atoms. The van der Waals surface area contributed by atoms with E-state index in [1.54, 1.807) is 22.7 Å². The van der Waals surface area contributed by atoms with Gasteiger partial charge in [-0.3, -0.25) is 9.69 Å². The smallest absolute Gasteiger partial charge is 0.199 e. The van der Waals surface area contributed by atoms with Crippen molar-refractivity contribution in [1.29, 1.82) is 0 Å². The third-order valence-corrected chi connectivity index (χ3v) is 15.3. The van der Waals surface area contributed by atoms with Crippen LogP contribution in [0.25, 0.3) is 0 Å². The van der Waals surface area contributed by atoms with Gasteiger partial charge in [0.15, 0.2) is 5.78 Å². The number of aryl methyl sites for hydroxylation is 1. The third-order valence-electron chi connectivity index (χ3n) is 13.3. The van der Waals surface area contributed by atoms with Gasteiger partial charge < -0.3 is 20.4 Å². The van der Waals surface area contributed by atoms with E-state index in [9.17, 15) is 25.2 Å². The monoisotopic (exact) mass is 651 g/mol. The number of carbonyl (C=O) groups excluding carboxylic acids is 1. The molecule has 6 aliphatic rings. The highest BCUT2D eigenvalue weighted by molar-refractivity contribution is 7.14. The number of aliphatic hydroxyl groups excluding tert-OH is 3. The average molecular weight is 652 g/mol. The number of carbonyl (C=O) groups is 1. The quantitative estimate of drug-likeness (QED) is 0.192. The number of rotatable bonds is 10. The molecule has 8 heteroatoms. The van der Waals surface area contributed by atoms with E-state index in [2.05, 4.69) is 54.5 Å². The van der Waals surface area contributed by atoms with E-state index in [0.29, 0.717) is 32.5 Å². The fourth-order valence-corrected chi connectivity index (χ4v) is 12.5. The first-order valence-electron chi connectivity index (χ1n) is 16.9. The van der Waals surface area contributed by atoms with Gasteiger partial charge in [0.2, 0.25) is 0 Å². The van der Waals surface area contributed by atoms with Gasteiger partial charge in [0.05, 0.1) is 29.3 Å². The summed E-state index contributed by atoms with van der Waals surface area (Å²) in [6, 6.07) is 8.17. The first-order chi connectivity index (χ1) is 21.4. The van der Waals surface area contributed by atoms with Gasteiger partial charge in [0.25, 0.3) is 0 Å². The molecule has 0 saturated heterocycles. The van der Waals surface area contributed by atoms with Crippen molar-refractivity contribution in [3.05, 3.63) is 68.1 Å². The summed E-state index contributed by atoms with van der Waals surface area (Å²) >= 11 is 3.28. The lowest BCUT2D eigenvalue weighted by Crippen LogP contribution is -2.67. The van der Waals surface area contributed by atoms with Crippen LogP contribution in [0.15, 0.2) is 53.4 Å². The minimum atomic E-state index is -1.00. The Hall–Kier alpha value is -1.65. The minimum Gasteiger partial charge on any atom is -0.394 e. The number of nitrogens with zero attached hydrogens (tertiary/aromatic N) is 1. The zero-order chi connectivity index (χ0) is 31.8. The van der Waals surface area contributed by atoms with Gasteiger partial charge >= 0.3 is 0 Å². The molecule has 4 N–H and O–H groups in total. The maximum Gasteiger partial charge on any atom is 0.199 e. The normalized spacial score (nSPS) is 40.6. The highest BCUT2D eigenvalue weighted by Gasteiger charge is 2.74. The van der Waals surface area contributed by atoms with E-state index < -0.39 is 22.5 Å². The first kappa shape index (κ1) is 31.9. The molecule has 6 aliphatic carbocycles. The van der Waals surface area contributed by atoms with E-state index in [0.717, 1.165) is 53.9 Å². The lowest BCUT2D eigenvalue weighted by Gasteiger charge is -2.71. The number of ketones is 1. The average Bonchev–Trinajstić information content (AvgIpc) is 3.75. The van der Waals surface area contributed by atoms with Gasteiger partial charge in [-0.2, -0.15) is 0 Å². The minimum absolute atomic E-state index is 0.0594. The maximum absolute atomic E-state index is 14.6. The molecule has 9 atom stereocenters. The van der Waals surface area contributed by atoms with Crippen LogP contribution in [0, 0.1) is 40.4 Å². The first-order valence-corrected chi connectivity index (χ1v) is 18.6. The second kappa shape index (κ2) is 11.2. The summed E-state index contributed by atoms with van der Waals surface area (Å²) in [6.45, 7) is 7.85. The highest BCUT2D eigenvalue weighted by Crippen LogP contribution is 2.78. The molecule has 6 nitrogen and oxygen atoms in total. The van der Waals surface area contributed by atoms with Crippen LogP contribution in [0.5, 0.6) is 0 Å². The Balaban J connectivity index is 1.28. The fourth-order valence-electron chi connectivity index (χ4n) is 11.0. The maximum atomic E-state index is 14.6. The lowest BCUT2D eigenvalue weighted by atomic mass is 9.32. The van der Waals surface area contributed by atoms with Crippen LogP contribution in [-0.2, 0) is 6.42 Å². The van der Waals surface area contributed by atoms with Gasteiger partial charge in [-0.25, -0.2) is 0 Å². The number of hydrogen-bond acceptors (Lipinski definition) is 8. The van der Waals surface area contributed by atoms with Gasteiger partial charge in [-0.15, -0.1) is 22.7 Å². The van der Waals surface area contributed by atoms with Crippen LogP contribution < -0.4 is 0 Å². The van der Waals surface area contributed by atoms with Gasteiger partial charge in [0.1, 0.15) is 0 Å². The van der Waals surface area contributed by atoms with Crippen LogP contribution in [-0.4, -0.2) is 75.2 Å². The predicted octanol–water partition coefficient (Wildman–Crippen LogP) is 5.79. The fraction of sp³-hybridized carbons (Fsp3) is 0.649. The molecule has 0 radical (unpaired) electrons. The summed E-state index contributed by atoms with van der Waals surface area (Å²) in [7, 11) is 0. The molecule has 0 aromatic carbocycles. The number of thiophene rings is 2. The second-order valence-electron chi connectivity index (χ2n) is 15.5. The topological polar surface area (TPSA) is 101 Å². The van der Waals surface area contributed by atoms with E-state index in [-0.39, 0.29) is 41.2 Å². The van der Waals surface area contributed by atoms with E-state index in [4.69, 9.17) is 0 Å². The van der Waals surface area contributed by atoms with Crippen LogP contribution >= 0.6 is 22.7 Å². The van der Waals surface area contributed by atoms with Crippen LogP contribution in [0.4, 0.5) is 0 Å². The van der Waals surface area contributed by atoms with Gasteiger partial charge in [-0.05, 0) is 99.1 Å². The Morgan fingerprint density at radius 3 is 2.53 bits per heavy atom. The predicted molar refractivity (Wildman–Crippen MR) is 180 cm³/mol. The van der Waals surface area contributed by atoms with Crippen LogP contribution in [0.1, 0.15) is 78.2 Å². The Morgan fingerprint density at radius 1 is 1.07 bits per heavy atom. The van der Waals surface area contributed by atoms with Crippen LogP contribution in [0.3, 0.4) is 0 Å². The number of hydrogen-bond donors (Lipinski definition) is 4. The number of aliphatic hydroxyl groups is 4. The molecule has 2 aromatic rings. The van der Waals surface area contributed by atoms with Crippen molar-refractivity contribution in [3.8, 4) is 0 Å². The molecular weight excluding hydrogens is 603 g/mol. The lowest BCUT2D eigenvalue weighted by molar-refractivity contribution is -0.177. The van der Waals surface area contributed by atoms with E-state index >= 15 is 0 Å². The van der Waals surface area contributed by atoms with Crippen molar-refractivity contribution in [1.82, 2.24) is 4.90 Å². The molecule has 3 fully saturated rings. The Labute approximate surface area is 275 Å². The second-order valence-corrected chi connectivity index (χ2v) is 17.8. The Bertz CT molecular complexity index is 1500. The summed E-state index contributed by atoms with van der Waals surface area (Å²) in [4.78, 5) is 19.9. The van der Waals surface area contributed by atoms with Gasteiger partial charge in [-0.1, -0.05) is 38.1 Å². The zero-order valence-electron chi connectivity index (χ0n) is 26.9. The molecule has 45 heavy (non-hydrogen) atoms. The molecule has 0 aliphatic heterocycles. The zero-order valence-corrected chi connectivity index (χ0v) is 28.5. The molecule has 244 valence electrons. The molecule has 2 aromatic heterocycles. The number of fused-ring (bicyclic) bond motifs is 1. The molecular formula is C37H49NO5S2. The number of Topliss-reactive ketones (excluding diaryl/α,β-unsaturated/α-hetero) is 1. The Kier molecular flexibility index (Phi) is 7.96. The summed E-state index contributed by atoms with van der Waals surface area (Å²) < 4.78 is 0. The van der Waals surface area contributed by atoms with Crippen molar-refractivity contribution >= 4 is 28.5 Å². The van der Waals surface area contributed by atoms with E-state index in [1.165, 1.54) is 4.88 Å². The third kappa shape index (κ3) is 4.68. The van der Waals surface area contributed by atoms with Crippen molar-refractivity contribution in [2.24, 2.45) is 33.5 Å². The largest absolute Gasteiger partial charge is 0.394 e. The highest BCUT2D eigenvalue weighted by atomic mass is 32.1. The van der Waals surface area contributed by atoms with Crippen molar-refractivity contribution in [2.45, 2.75) is 89.9 Å². The van der Waals surface area contributed by atoms with Crippen molar-refractivity contribution < 1.29 is 25.2 Å². The molecule has 3 saturated carbocycles. The summed E-state index contributed by atoms with van der Waals surface area (Å²) in [5.74, 6) is 0.469. The van der Waals surface area contributed by atoms with Crippen LogP contribution in [0.2, 0.25) is 0 Å². The summed E-state index contributed by atoms with van der Waals surface area (Å²) in [5, 5.41) is 46.0. The molecule has 0 amide bonds. The van der Waals surface area contributed by atoms with Crippen molar-refractivity contribution in [3.63, 3.8) is 0 Å². The Morgan fingerprint density at radius 2 is 1.82 bits per heavy atom. The molecule has 8 rings (SSSR count). The van der Waals surface area contributed by atoms with Gasteiger partial charge in [0, 0.05) is 51.2 Å². The summed E-state index contributed by atoms with van der Waals surface area (Å²) in [6.07, 6.45) is 12.3. The molecule has 9 unspecified atom stereocenters. The number of allylic oxidation sites excluding steroid dienone is 4. The standard InChI is InChI=1S/C37H49NO5S2/c1-24-6-7-29(45-24)32(42)28-20-35-15-16-37(28)30(33(35,2)12-8-25(40)19-35)9-13-34(3)31(37)10-14-36(34,43)23-38(21-26(41)22-39)17-11-27-5-4-18-44-27/h4-7,15-16,18,20,25-26,30-31,39-41,43H,8-14,17,19,21-23H2,1-3H3. The molecule has 2 bridgehead atoms. The van der Waals surface area contributed by atoms with Crippen molar-refractivity contribution in [2.75, 3.05) is 26.2 Å². The molecule has 2 heterocycles.